The Morgan fingerprint density at radius 2 is 1.70 bits per heavy atom. The van der Waals surface area contributed by atoms with Crippen LogP contribution in [0.25, 0.3) is 0 Å². The van der Waals surface area contributed by atoms with Crippen molar-refractivity contribution in [3.63, 3.8) is 0 Å². The van der Waals surface area contributed by atoms with E-state index in [9.17, 15) is 0 Å². The van der Waals surface area contributed by atoms with Crippen molar-refractivity contribution >= 4 is 15.9 Å². The fraction of sp³-hybridized carbons (Fsp3) is 0.684. The van der Waals surface area contributed by atoms with Gasteiger partial charge < -0.3 is 0 Å². The molecule has 2 fully saturated rings. The molecule has 0 heterocycles. The highest BCUT2D eigenvalue weighted by Gasteiger charge is 2.40. The molecule has 0 N–H and O–H groups in total. The van der Waals surface area contributed by atoms with Gasteiger partial charge in [-0.3, -0.25) is 0 Å². The lowest BCUT2D eigenvalue weighted by Gasteiger charge is -2.26. The van der Waals surface area contributed by atoms with Crippen molar-refractivity contribution in [2.24, 2.45) is 17.8 Å². The van der Waals surface area contributed by atoms with Gasteiger partial charge in [0.05, 0.1) is 0 Å². The number of rotatable bonds is 3. The molecule has 1 aromatic rings. The minimum absolute atomic E-state index is 0.547. The number of aryl methyl sites for hydroxylation is 2. The van der Waals surface area contributed by atoms with Crippen molar-refractivity contribution in [1.82, 2.24) is 0 Å². The van der Waals surface area contributed by atoms with E-state index in [1.165, 1.54) is 54.4 Å². The number of fused-ring (bicyclic) bond motifs is 2. The molecule has 0 radical (unpaired) electrons. The van der Waals surface area contributed by atoms with Crippen LogP contribution in [-0.2, 0) is 0 Å². The molecule has 0 amide bonds. The van der Waals surface area contributed by atoms with Crippen LogP contribution in [0.5, 0.6) is 0 Å². The molecule has 2 aliphatic rings. The summed E-state index contributed by atoms with van der Waals surface area (Å²) in [6.07, 6.45) is 7.37. The van der Waals surface area contributed by atoms with Crippen LogP contribution in [0.2, 0.25) is 0 Å². The molecule has 3 rings (SSSR count). The predicted molar refractivity (Wildman–Crippen MR) is 90.6 cm³/mol. The van der Waals surface area contributed by atoms with Crippen molar-refractivity contribution in [3.05, 3.63) is 33.9 Å². The minimum atomic E-state index is 0.547. The standard InChI is InChI=1S/C19H27Br/c1-11-7-12(2)14(4)19(13(11)3)18(20)10-17-9-15-5-6-16(17)8-15/h7,15-18H,5-6,8-10H2,1-4H3. The summed E-state index contributed by atoms with van der Waals surface area (Å²) in [4.78, 5) is 0.547. The van der Waals surface area contributed by atoms with Gasteiger partial charge in [-0.25, -0.2) is 0 Å². The van der Waals surface area contributed by atoms with Gasteiger partial charge in [0.25, 0.3) is 0 Å². The van der Waals surface area contributed by atoms with E-state index >= 15 is 0 Å². The van der Waals surface area contributed by atoms with Gasteiger partial charge in [0.15, 0.2) is 0 Å². The lowest BCUT2D eigenvalue weighted by atomic mass is 9.82. The van der Waals surface area contributed by atoms with E-state index in [0.717, 1.165) is 17.8 Å². The van der Waals surface area contributed by atoms with Gasteiger partial charge >= 0.3 is 0 Å². The summed E-state index contributed by atoms with van der Waals surface area (Å²) in [6, 6.07) is 2.34. The predicted octanol–water partition coefficient (Wildman–Crippen LogP) is 6.18. The highest BCUT2D eigenvalue weighted by molar-refractivity contribution is 9.09. The summed E-state index contributed by atoms with van der Waals surface area (Å²) < 4.78 is 0. The first-order valence-electron chi connectivity index (χ1n) is 8.18. The third kappa shape index (κ3) is 2.47. The van der Waals surface area contributed by atoms with E-state index in [4.69, 9.17) is 0 Å². The van der Waals surface area contributed by atoms with E-state index in [-0.39, 0.29) is 0 Å². The maximum absolute atomic E-state index is 4.04. The van der Waals surface area contributed by atoms with Crippen molar-refractivity contribution in [3.8, 4) is 0 Å². The van der Waals surface area contributed by atoms with Gasteiger partial charge in [-0.2, -0.15) is 0 Å². The number of alkyl halides is 1. The first-order valence-corrected chi connectivity index (χ1v) is 9.10. The van der Waals surface area contributed by atoms with Crippen molar-refractivity contribution in [2.45, 2.75) is 64.6 Å². The molecule has 0 saturated heterocycles. The summed E-state index contributed by atoms with van der Waals surface area (Å²) >= 11 is 4.04. The fourth-order valence-electron chi connectivity index (χ4n) is 4.77. The van der Waals surface area contributed by atoms with Crippen LogP contribution < -0.4 is 0 Å². The Balaban J connectivity index is 1.82. The maximum Gasteiger partial charge on any atom is 0.0403 e. The average Bonchev–Trinajstić information content (AvgIpc) is 2.99. The highest BCUT2D eigenvalue weighted by atomic mass is 79.9. The monoisotopic (exact) mass is 334 g/mol. The normalized spacial score (nSPS) is 29.9. The third-order valence-corrected chi connectivity index (χ3v) is 6.96. The highest BCUT2D eigenvalue weighted by Crippen LogP contribution is 2.52. The molecule has 20 heavy (non-hydrogen) atoms. The lowest BCUT2D eigenvalue weighted by Crippen LogP contribution is -2.13. The Morgan fingerprint density at radius 3 is 2.20 bits per heavy atom. The van der Waals surface area contributed by atoms with Gasteiger partial charge in [-0.05, 0) is 98.9 Å². The second-order valence-electron chi connectivity index (χ2n) is 7.31. The molecule has 0 nitrogen and oxygen atoms in total. The molecule has 0 aliphatic heterocycles. The first-order chi connectivity index (χ1) is 9.47. The second kappa shape index (κ2) is 5.48. The molecule has 1 heteroatoms. The van der Waals surface area contributed by atoms with Gasteiger partial charge in [0, 0.05) is 4.83 Å². The smallest absolute Gasteiger partial charge is 0.0403 e. The Bertz CT molecular complexity index is 491. The van der Waals surface area contributed by atoms with Gasteiger partial charge in [0.1, 0.15) is 0 Å². The van der Waals surface area contributed by atoms with Crippen molar-refractivity contribution in [1.29, 1.82) is 0 Å². The topological polar surface area (TPSA) is 0 Å². The number of hydrogen-bond donors (Lipinski definition) is 0. The molecule has 2 aliphatic carbocycles. The van der Waals surface area contributed by atoms with Crippen LogP contribution in [0.15, 0.2) is 6.07 Å². The molecular weight excluding hydrogens is 308 g/mol. The zero-order chi connectivity index (χ0) is 14.4. The molecule has 2 bridgehead atoms. The molecule has 0 aromatic heterocycles. The Labute approximate surface area is 132 Å². The number of benzene rings is 1. The maximum atomic E-state index is 4.04. The van der Waals surface area contributed by atoms with Crippen molar-refractivity contribution in [2.75, 3.05) is 0 Å². The second-order valence-corrected chi connectivity index (χ2v) is 8.42. The minimum Gasteiger partial charge on any atom is -0.0838 e. The first kappa shape index (κ1) is 14.6. The Morgan fingerprint density at radius 1 is 1.05 bits per heavy atom. The molecule has 1 aromatic carbocycles. The zero-order valence-corrected chi connectivity index (χ0v) is 14.9. The summed E-state index contributed by atoms with van der Waals surface area (Å²) in [5, 5.41) is 0. The molecule has 4 atom stereocenters. The number of halogens is 1. The van der Waals surface area contributed by atoms with E-state index in [1.54, 1.807) is 5.56 Å². The van der Waals surface area contributed by atoms with Crippen LogP contribution in [0.4, 0.5) is 0 Å². The Hall–Kier alpha value is -0.300. The van der Waals surface area contributed by atoms with Crippen LogP contribution in [-0.4, -0.2) is 0 Å². The van der Waals surface area contributed by atoms with Crippen LogP contribution in [0.1, 0.15) is 64.7 Å². The summed E-state index contributed by atoms with van der Waals surface area (Å²) in [6.45, 7) is 9.10. The third-order valence-electron chi connectivity index (χ3n) is 6.13. The van der Waals surface area contributed by atoms with E-state index < -0.39 is 0 Å². The van der Waals surface area contributed by atoms with Crippen molar-refractivity contribution < 1.29 is 0 Å². The Kier molecular flexibility index (Phi) is 4.01. The summed E-state index contributed by atoms with van der Waals surface area (Å²) in [5.74, 6) is 3.07. The molecule has 2 saturated carbocycles. The molecule has 4 unspecified atom stereocenters. The van der Waals surface area contributed by atoms with Gasteiger partial charge in [-0.15, -0.1) is 0 Å². The zero-order valence-electron chi connectivity index (χ0n) is 13.3. The van der Waals surface area contributed by atoms with Crippen LogP contribution in [0, 0.1) is 45.4 Å². The summed E-state index contributed by atoms with van der Waals surface area (Å²) in [5.41, 5.74) is 7.46. The van der Waals surface area contributed by atoms with E-state index in [0.29, 0.717) is 4.83 Å². The molecule has 110 valence electrons. The van der Waals surface area contributed by atoms with Gasteiger partial charge in [0.2, 0.25) is 0 Å². The van der Waals surface area contributed by atoms with Crippen LogP contribution >= 0.6 is 15.9 Å². The fourth-order valence-corrected chi connectivity index (χ4v) is 5.93. The SMILES string of the molecule is Cc1cc(C)c(C)c(C(Br)CC2CC3CCC2C3)c1C. The average molecular weight is 335 g/mol. The molecular formula is C19H27Br. The molecule has 0 spiro atoms. The quantitative estimate of drug-likeness (QED) is 0.578. The lowest BCUT2D eigenvalue weighted by molar-refractivity contribution is 0.314. The summed E-state index contributed by atoms with van der Waals surface area (Å²) in [7, 11) is 0. The number of hydrogen-bond acceptors (Lipinski definition) is 0. The van der Waals surface area contributed by atoms with E-state index in [2.05, 4.69) is 49.7 Å². The van der Waals surface area contributed by atoms with E-state index in [1.807, 2.05) is 0 Å². The van der Waals surface area contributed by atoms with Crippen LogP contribution in [0.3, 0.4) is 0 Å². The largest absolute Gasteiger partial charge is 0.0838 e. The van der Waals surface area contributed by atoms with Gasteiger partial charge in [-0.1, -0.05) is 28.4 Å².